The van der Waals surface area contributed by atoms with Crippen molar-refractivity contribution in [1.29, 1.82) is 0 Å². The van der Waals surface area contributed by atoms with Crippen molar-refractivity contribution >= 4 is 11.6 Å². The molecule has 3 rings (SSSR count). The summed E-state index contributed by atoms with van der Waals surface area (Å²) in [6.07, 6.45) is 3.44. The van der Waals surface area contributed by atoms with Crippen LogP contribution in [0.5, 0.6) is 0 Å². The van der Waals surface area contributed by atoms with E-state index in [0.29, 0.717) is 6.61 Å². The van der Waals surface area contributed by atoms with Gasteiger partial charge < -0.3 is 15.4 Å². The van der Waals surface area contributed by atoms with E-state index in [9.17, 15) is 4.79 Å². The Morgan fingerprint density at radius 1 is 1.25 bits per heavy atom. The smallest absolute Gasteiger partial charge is 0.230 e. The summed E-state index contributed by atoms with van der Waals surface area (Å²) in [5.74, 6) is 0.0464. The van der Waals surface area contributed by atoms with Crippen molar-refractivity contribution in [2.24, 2.45) is 5.92 Å². The third kappa shape index (κ3) is 3.38. The monoisotopic (exact) mass is 274 g/mol. The summed E-state index contributed by atoms with van der Waals surface area (Å²) in [6, 6.07) is 8.81. The summed E-state index contributed by atoms with van der Waals surface area (Å²) in [4.78, 5) is 12.1. The second-order valence-electron chi connectivity index (χ2n) is 5.81. The third-order valence-electron chi connectivity index (χ3n) is 4.11. The van der Waals surface area contributed by atoms with Gasteiger partial charge in [0.25, 0.3) is 0 Å². The van der Waals surface area contributed by atoms with Crippen LogP contribution in [0.1, 0.15) is 31.7 Å². The first-order valence-corrected chi connectivity index (χ1v) is 7.47. The lowest BCUT2D eigenvalue weighted by atomic mass is 10.0. The Hall–Kier alpha value is -1.39. The van der Waals surface area contributed by atoms with Crippen LogP contribution in [0.25, 0.3) is 0 Å². The van der Waals surface area contributed by atoms with Crippen molar-refractivity contribution in [3.05, 3.63) is 29.8 Å². The van der Waals surface area contributed by atoms with E-state index in [4.69, 9.17) is 4.74 Å². The molecule has 1 aliphatic heterocycles. The molecule has 1 aromatic carbocycles. The van der Waals surface area contributed by atoms with E-state index in [2.05, 4.69) is 22.8 Å². The van der Waals surface area contributed by atoms with E-state index >= 15 is 0 Å². The van der Waals surface area contributed by atoms with Crippen LogP contribution in [-0.4, -0.2) is 24.7 Å². The molecule has 1 aromatic rings. The zero-order valence-electron chi connectivity index (χ0n) is 11.9. The van der Waals surface area contributed by atoms with Crippen LogP contribution in [0.3, 0.4) is 0 Å². The molecule has 4 heteroatoms. The van der Waals surface area contributed by atoms with Crippen molar-refractivity contribution in [2.75, 3.05) is 11.9 Å². The highest BCUT2D eigenvalue weighted by atomic mass is 16.5. The Labute approximate surface area is 119 Å². The fourth-order valence-corrected chi connectivity index (χ4v) is 2.57. The molecule has 1 amide bonds. The maximum atomic E-state index is 12.1. The Bertz CT molecular complexity index is 468. The zero-order chi connectivity index (χ0) is 13.9. The molecule has 1 aliphatic carbocycles. The molecule has 2 atom stereocenters. The van der Waals surface area contributed by atoms with Gasteiger partial charge in [0.1, 0.15) is 0 Å². The first-order chi connectivity index (χ1) is 9.72. The van der Waals surface area contributed by atoms with Crippen LogP contribution in [0.2, 0.25) is 0 Å². The van der Waals surface area contributed by atoms with Crippen molar-refractivity contribution in [2.45, 2.75) is 44.9 Å². The highest BCUT2D eigenvalue weighted by Gasteiger charge is 2.30. The maximum absolute atomic E-state index is 12.1. The van der Waals surface area contributed by atoms with Gasteiger partial charge >= 0.3 is 0 Å². The van der Waals surface area contributed by atoms with Crippen LogP contribution >= 0.6 is 0 Å². The maximum Gasteiger partial charge on any atom is 0.230 e. The minimum atomic E-state index is -0.0220. The van der Waals surface area contributed by atoms with Crippen LogP contribution in [0.4, 0.5) is 5.69 Å². The van der Waals surface area contributed by atoms with E-state index in [0.717, 1.165) is 24.7 Å². The van der Waals surface area contributed by atoms with E-state index in [1.807, 2.05) is 19.1 Å². The first kappa shape index (κ1) is 13.6. The van der Waals surface area contributed by atoms with Crippen LogP contribution in [-0.2, 0) is 16.1 Å². The number of rotatable bonds is 5. The standard InChI is InChI=1S/C16H22N2O2/c1-11-15(8-9-20-11)16(19)18-14-4-2-12(3-5-14)10-17-13-6-7-13/h2-5,11,13,15,17H,6-10H2,1H3,(H,18,19). The number of hydrogen-bond donors (Lipinski definition) is 2. The summed E-state index contributed by atoms with van der Waals surface area (Å²) >= 11 is 0. The molecule has 0 radical (unpaired) electrons. The van der Waals surface area contributed by atoms with Gasteiger partial charge in [0.2, 0.25) is 5.91 Å². The van der Waals surface area contributed by atoms with Gasteiger partial charge in [0.05, 0.1) is 12.0 Å². The Kier molecular flexibility index (Phi) is 4.03. The highest BCUT2D eigenvalue weighted by Crippen LogP contribution is 2.23. The molecule has 2 unspecified atom stereocenters. The minimum absolute atomic E-state index is 0.0220. The fraction of sp³-hybridized carbons (Fsp3) is 0.562. The average Bonchev–Trinajstić information content (AvgIpc) is 3.18. The SMILES string of the molecule is CC1OCCC1C(=O)Nc1ccc(CNC2CC2)cc1. The van der Waals surface area contributed by atoms with Gasteiger partial charge in [-0.25, -0.2) is 0 Å². The van der Waals surface area contributed by atoms with E-state index < -0.39 is 0 Å². The van der Waals surface area contributed by atoms with E-state index in [-0.39, 0.29) is 17.9 Å². The molecular formula is C16H22N2O2. The number of hydrogen-bond acceptors (Lipinski definition) is 3. The topological polar surface area (TPSA) is 50.4 Å². The van der Waals surface area contributed by atoms with Crippen molar-refractivity contribution in [3.8, 4) is 0 Å². The van der Waals surface area contributed by atoms with Crippen molar-refractivity contribution < 1.29 is 9.53 Å². The Morgan fingerprint density at radius 2 is 2.00 bits per heavy atom. The van der Waals surface area contributed by atoms with Gasteiger partial charge in [-0.05, 0) is 43.9 Å². The van der Waals surface area contributed by atoms with Gasteiger partial charge in [-0.3, -0.25) is 4.79 Å². The number of nitrogens with one attached hydrogen (secondary N) is 2. The number of carbonyl (C=O) groups is 1. The molecule has 0 aromatic heterocycles. The molecule has 108 valence electrons. The van der Waals surface area contributed by atoms with Gasteiger partial charge in [-0.15, -0.1) is 0 Å². The molecule has 0 bridgehead atoms. The predicted octanol–water partition coefficient (Wildman–Crippen LogP) is 2.30. The Balaban J connectivity index is 1.52. The summed E-state index contributed by atoms with van der Waals surface area (Å²) in [7, 11) is 0. The molecule has 2 fully saturated rings. The minimum Gasteiger partial charge on any atom is -0.378 e. The lowest BCUT2D eigenvalue weighted by Gasteiger charge is -2.14. The van der Waals surface area contributed by atoms with Gasteiger partial charge in [0, 0.05) is 24.9 Å². The molecule has 1 saturated heterocycles. The molecule has 1 heterocycles. The lowest BCUT2D eigenvalue weighted by molar-refractivity contribution is -0.121. The highest BCUT2D eigenvalue weighted by molar-refractivity contribution is 5.93. The summed E-state index contributed by atoms with van der Waals surface area (Å²) in [5, 5.41) is 6.46. The van der Waals surface area contributed by atoms with Crippen LogP contribution in [0, 0.1) is 5.92 Å². The van der Waals surface area contributed by atoms with Crippen molar-refractivity contribution in [3.63, 3.8) is 0 Å². The molecular weight excluding hydrogens is 252 g/mol. The lowest BCUT2D eigenvalue weighted by Crippen LogP contribution is -2.27. The second kappa shape index (κ2) is 5.94. The average molecular weight is 274 g/mol. The quantitative estimate of drug-likeness (QED) is 0.866. The van der Waals surface area contributed by atoms with Gasteiger partial charge in [-0.1, -0.05) is 12.1 Å². The Morgan fingerprint density at radius 3 is 2.60 bits per heavy atom. The summed E-state index contributed by atoms with van der Waals surface area (Å²) in [5.41, 5.74) is 2.12. The number of carbonyl (C=O) groups excluding carboxylic acids is 1. The van der Waals surface area contributed by atoms with Gasteiger partial charge in [-0.2, -0.15) is 0 Å². The van der Waals surface area contributed by atoms with Crippen LogP contribution in [0.15, 0.2) is 24.3 Å². The molecule has 1 saturated carbocycles. The second-order valence-corrected chi connectivity index (χ2v) is 5.81. The van der Waals surface area contributed by atoms with Crippen LogP contribution < -0.4 is 10.6 Å². The summed E-state index contributed by atoms with van der Waals surface area (Å²) in [6.45, 7) is 3.56. The first-order valence-electron chi connectivity index (χ1n) is 7.47. The number of anilines is 1. The fourth-order valence-electron chi connectivity index (χ4n) is 2.57. The summed E-state index contributed by atoms with van der Waals surface area (Å²) < 4.78 is 5.43. The molecule has 2 aliphatic rings. The van der Waals surface area contributed by atoms with E-state index in [1.54, 1.807) is 0 Å². The predicted molar refractivity (Wildman–Crippen MR) is 78.5 cm³/mol. The normalized spacial score (nSPS) is 25.6. The molecule has 4 nitrogen and oxygen atoms in total. The number of benzene rings is 1. The largest absolute Gasteiger partial charge is 0.378 e. The molecule has 2 N–H and O–H groups in total. The number of ether oxygens (including phenoxy) is 1. The van der Waals surface area contributed by atoms with Crippen molar-refractivity contribution in [1.82, 2.24) is 5.32 Å². The molecule has 20 heavy (non-hydrogen) atoms. The third-order valence-corrected chi connectivity index (χ3v) is 4.11. The van der Waals surface area contributed by atoms with E-state index in [1.165, 1.54) is 18.4 Å². The van der Waals surface area contributed by atoms with Gasteiger partial charge in [0.15, 0.2) is 0 Å². The zero-order valence-corrected chi connectivity index (χ0v) is 11.9. The number of amides is 1. The molecule has 0 spiro atoms.